The maximum atomic E-state index is 12.2. The summed E-state index contributed by atoms with van der Waals surface area (Å²) in [6.07, 6.45) is 1.27. The number of nitrogens with two attached hydrogens (primary N) is 1. The first kappa shape index (κ1) is 18.2. The van der Waals surface area contributed by atoms with Gasteiger partial charge in [0, 0.05) is 5.02 Å². The van der Waals surface area contributed by atoms with E-state index >= 15 is 0 Å². The van der Waals surface area contributed by atoms with Crippen LogP contribution < -0.4 is 10.5 Å². The van der Waals surface area contributed by atoms with Crippen LogP contribution in [0.1, 0.15) is 19.3 Å². The van der Waals surface area contributed by atoms with Crippen LogP contribution in [0.25, 0.3) is 0 Å². The van der Waals surface area contributed by atoms with E-state index in [1.165, 1.54) is 18.2 Å². The molecule has 0 saturated carbocycles. The van der Waals surface area contributed by atoms with Crippen molar-refractivity contribution in [1.29, 1.82) is 0 Å². The van der Waals surface area contributed by atoms with Crippen molar-refractivity contribution in [2.45, 2.75) is 30.2 Å². The zero-order chi connectivity index (χ0) is 16.0. The Morgan fingerprint density at radius 1 is 1.33 bits per heavy atom. The molecule has 1 unspecified atom stereocenters. The third-order valence-corrected chi connectivity index (χ3v) is 4.92. The molecule has 118 valence electrons. The van der Waals surface area contributed by atoms with Crippen LogP contribution in [0.2, 0.25) is 10.0 Å². The number of hydrogen-bond donors (Lipinski definition) is 3. The maximum absolute atomic E-state index is 12.2. The van der Waals surface area contributed by atoms with Gasteiger partial charge in [-0.05, 0) is 37.6 Å². The molecule has 0 aromatic heterocycles. The van der Waals surface area contributed by atoms with Crippen molar-refractivity contribution in [3.63, 3.8) is 0 Å². The number of halogens is 2. The van der Waals surface area contributed by atoms with Gasteiger partial charge in [-0.25, -0.2) is 8.42 Å². The average Bonchev–Trinajstić information content (AvgIpc) is 2.36. The summed E-state index contributed by atoms with van der Waals surface area (Å²) in [5.41, 5.74) is 5.33. The van der Waals surface area contributed by atoms with Gasteiger partial charge < -0.3 is 10.8 Å². The molecule has 0 spiro atoms. The molecule has 0 bridgehead atoms. The largest absolute Gasteiger partial charge is 0.480 e. The first-order valence-electron chi connectivity index (χ1n) is 6.18. The van der Waals surface area contributed by atoms with E-state index in [0.29, 0.717) is 19.4 Å². The third-order valence-electron chi connectivity index (χ3n) is 2.73. The fraction of sp³-hybridized carbons (Fsp3) is 0.417. The summed E-state index contributed by atoms with van der Waals surface area (Å²) in [5, 5.41) is 9.30. The van der Waals surface area contributed by atoms with Crippen LogP contribution in [0.15, 0.2) is 23.1 Å². The van der Waals surface area contributed by atoms with Crippen LogP contribution in [-0.4, -0.2) is 32.1 Å². The van der Waals surface area contributed by atoms with E-state index in [0.717, 1.165) is 0 Å². The van der Waals surface area contributed by atoms with Gasteiger partial charge in [-0.1, -0.05) is 29.6 Å². The second kappa shape index (κ2) is 7.95. The van der Waals surface area contributed by atoms with Crippen molar-refractivity contribution in [2.24, 2.45) is 5.73 Å². The summed E-state index contributed by atoms with van der Waals surface area (Å²) in [4.78, 5) is 10.9. The van der Waals surface area contributed by atoms with Crippen molar-refractivity contribution < 1.29 is 18.3 Å². The number of rotatable bonds is 8. The molecule has 4 N–H and O–H groups in total. The van der Waals surface area contributed by atoms with E-state index < -0.39 is 22.0 Å². The summed E-state index contributed by atoms with van der Waals surface area (Å²) in [6, 6.07) is 2.65. The molecule has 0 radical (unpaired) electrons. The molecule has 0 aliphatic rings. The molecular formula is C12H16Cl2N2O4S. The highest BCUT2D eigenvalue weighted by Crippen LogP contribution is 2.25. The highest BCUT2D eigenvalue weighted by molar-refractivity contribution is 7.89. The van der Waals surface area contributed by atoms with Crippen LogP contribution in [0.5, 0.6) is 0 Å². The Bertz CT molecular complexity index is 607. The number of nitrogens with one attached hydrogen (secondary N) is 1. The molecule has 6 nitrogen and oxygen atoms in total. The smallest absolute Gasteiger partial charge is 0.321 e. The molecule has 1 atom stereocenters. The summed E-state index contributed by atoms with van der Waals surface area (Å²) in [5.74, 6) is -1.25. The number of aliphatic carboxylic acids is 1. The van der Waals surface area contributed by atoms with Gasteiger partial charge in [0.15, 0.2) is 0 Å². The van der Waals surface area contributed by atoms with Gasteiger partial charge in [0.05, 0.1) is 5.02 Å². The molecule has 1 rings (SSSR count). The molecule has 1 aromatic carbocycles. The molecule has 0 amide bonds. The fourth-order valence-corrected chi connectivity index (χ4v) is 3.67. The lowest BCUT2D eigenvalue weighted by Crippen LogP contribution is -2.40. The van der Waals surface area contributed by atoms with Gasteiger partial charge in [0.25, 0.3) is 0 Å². The fourth-order valence-electron chi connectivity index (χ4n) is 1.67. The first-order valence-corrected chi connectivity index (χ1v) is 8.42. The predicted molar refractivity (Wildman–Crippen MR) is 81.1 cm³/mol. The van der Waals surface area contributed by atoms with Gasteiger partial charge in [-0.15, -0.1) is 0 Å². The minimum Gasteiger partial charge on any atom is -0.480 e. The Labute approximate surface area is 133 Å². The third kappa shape index (κ3) is 5.44. The van der Waals surface area contributed by atoms with Gasteiger partial charge in [-0.2, -0.15) is 4.72 Å². The highest BCUT2D eigenvalue weighted by atomic mass is 35.5. The van der Waals surface area contributed by atoms with E-state index in [1.807, 2.05) is 0 Å². The van der Waals surface area contributed by atoms with Gasteiger partial charge in [0.2, 0.25) is 10.0 Å². The predicted octanol–water partition coefficient (Wildman–Crippen LogP) is 1.85. The maximum Gasteiger partial charge on any atom is 0.321 e. The summed E-state index contributed by atoms with van der Waals surface area (Å²) < 4.78 is 26.5. The van der Waals surface area contributed by atoms with Crippen LogP contribution in [0.3, 0.4) is 0 Å². The number of hydrogen-bond acceptors (Lipinski definition) is 4. The lowest BCUT2D eigenvalue weighted by Gasteiger charge is -2.15. The summed E-state index contributed by atoms with van der Waals surface area (Å²) >= 11 is 11.5. The number of sulfonamides is 1. The van der Waals surface area contributed by atoms with E-state index in [9.17, 15) is 13.2 Å². The number of unbranched alkanes of at least 4 members (excludes halogenated alkanes) is 1. The molecule has 0 saturated heterocycles. The zero-order valence-corrected chi connectivity index (χ0v) is 13.4. The molecule has 0 fully saturated rings. The van der Waals surface area contributed by atoms with Crippen LogP contribution in [0, 0.1) is 0 Å². The van der Waals surface area contributed by atoms with E-state index in [2.05, 4.69) is 4.72 Å². The molecule has 0 aliphatic heterocycles. The van der Waals surface area contributed by atoms with Gasteiger partial charge in [0.1, 0.15) is 10.9 Å². The van der Waals surface area contributed by atoms with Crippen molar-refractivity contribution in [3.05, 3.63) is 28.2 Å². The lowest BCUT2D eigenvalue weighted by molar-refractivity contribution is -0.139. The van der Waals surface area contributed by atoms with Gasteiger partial charge in [-0.3, -0.25) is 4.79 Å². The second-order valence-corrected chi connectivity index (χ2v) is 6.90. The van der Waals surface area contributed by atoms with Crippen LogP contribution >= 0.6 is 23.2 Å². The Kier molecular flexibility index (Phi) is 6.89. The number of carboxylic acids is 1. The molecule has 0 heterocycles. The van der Waals surface area contributed by atoms with Crippen LogP contribution in [0.4, 0.5) is 0 Å². The number of carboxylic acid groups (broad SMARTS) is 1. The molecule has 0 aliphatic carbocycles. The van der Waals surface area contributed by atoms with Gasteiger partial charge >= 0.3 is 5.97 Å². The molecular weight excluding hydrogens is 339 g/mol. The average molecular weight is 355 g/mol. The molecule has 21 heavy (non-hydrogen) atoms. The van der Waals surface area contributed by atoms with Crippen molar-refractivity contribution in [3.8, 4) is 0 Å². The number of benzene rings is 1. The lowest BCUT2D eigenvalue weighted by atomic mass is 10.1. The topological polar surface area (TPSA) is 109 Å². The van der Waals surface area contributed by atoms with Crippen molar-refractivity contribution in [2.75, 3.05) is 6.54 Å². The normalized spacial score (nSPS) is 13.1. The Hall–Kier alpha value is -0.860. The Balaban J connectivity index is 2.92. The molecule has 9 heteroatoms. The monoisotopic (exact) mass is 354 g/mol. The molecule has 1 aromatic rings. The van der Waals surface area contributed by atoms with Crippen molar-refractivity contribution in [1.82, 2.24) is 4.72 Å². The standard InChI is InChI=1S/C12H16Cl2N2O4S/c13-8-4-5-11(9(14)7-8)21(19,20)16-10(12(17)18)3-1-2-6-15/h4-5,7,10,16H,1-3,6,15H2,(H,17,18). The van der Waals surface area contributed by atoms with E-state index in [-0.39, 0.29) is 21.4 Å². The second-order valence-electron chi connectivity index (χ2n) is 4.37. The van der Waals surface area contributed by atoms with Crippen LogP contribution in [-0.2, 0) is 14.8 Å². The SMILES string of the molecule is NCCCCC(NS(=O)(=O)c1ccc(Cl)cc1Cl)C(=O)O. The quantitative estimate of drug-likeness (QED) is 0.617. The zero-order valence-electron chi connectivity index (χ0n) is 11.1. The van der Waals surface area contributed by atoms with Crippen molar-refractivity contribution >= 4 is 39.2 Å². The highest BCUT2D eigenvalue weighted by Gasteiger charge is 2.26. The van der Waals surface area contributed by atoms with E-state index in [1.54, 1.807) is 0 Å². The Morgan fingerprint density at radius 3 is 2.52 bits per heavy atom. The summed E-state index contributed by atoms with van der Waals surface area (Å²) in [7, 11) is -4.04. The number of carbonyl (C=O) groups is 1. The first-order chi connectivity index (χ1) is 9.77. The minimum absolute atomic E-state index is 0.0684. The summed E-state index contributed by atoms with van der Waals surface area (Å²) in [6.45, 7) is 0.419. The Morgan fingerprint density at radius 2 is 2.00 bits per heavy atom. The minimum atomic E-state index is -4.04. The van der Waals surface area contributed by atoms with E-state index in [4.69, 9.17) is 34.0 Å².